The van der Waals surface area contributed by atoms with E-state index in [9.17, 15) is 10.1 Å². The van der Waals surface area contributed by atoms with E-state index in [2.05, 4.69) is 51.1 Å². The molecule has 6 heteroatoms. The summed E-state index contributed by atoms with van der Waals surface area (Å²) in [6, 6.07) is 2.70. The van der Waals surface area contributed by atoms with Gasteiger partial charge in [-0.1, -0.05) is 58.1 Å². The number of aromatic nitrogens is 2. The predicted octanol–water partition coefficient (Wildman–Crippen LogP) is 7.12. The number of ether oxygens (including phenoxy) is 1. The number of ketones is 1. The van der Waals surface area contributed by atoms with Gasteiger partial charge < -0.3 is 9.64 Å². The summed E-state index contributed by atoms with van der Waals surface area (Å²) in [4.78, 5) is 24.0. The van der Waals surface area contributed by atoms with Crippen LogP contribution >= 0.6 is 0 Å². The Morgan fingerprint density at radius 1 is 1.26 bits per heavy atom. The molecule has 0 fully saturated rings. The first-order valence-corrected chi connectivity index (χ1v) is 14.1. The molecule has 1 aliphatic carbocycles. The van der Waals surface area contributed by atoms with E-state index < -0.39 is 0 Å². The molecule has 1 unspecified atom stereocenters. The summed E-state index contributed by atoms with van der Waals surface area (Å²) in [6.07, 6.45) is 12.9. The Bertz CT molecular complexity index is 1020. The normalized spacial score (nSPS) is 14.4. The molecule has 0 N–H and O–H groups in total. The summed E-state index contributed by atoms with van der Waals surface area (Å²) in [7, 11) is 0. The molecule has 0 amide bonds. The summed E-state index contributed by atoms with van der Waals surface area (Å²) in [5, 5.41) is 9.30. The number of hydrogen-bond donors (Lipinski definition) is 0. The number of unbranched alkanes of at least 4 members (excludes halogenated alkanes) is 1. The van der Waals surface area contributed by atoms with Crippen LogP contribution in [0.1, 0.15) is 82.9 Å². The van der Waals surface area contributed by atoms with E-state index in [1.165, 1.54) is 11.6 Å². The smallest absolute Gasteiger partial charge is 0.318 e. The van der Waals surface area contributed by atoms with Crippen LogP contribution < -0.4 is 9.64 Å². The molecule has 0 aliphatic heterocycles. The fraction of sp³-hybridized carbons (Fsp3) is 0.562. The van der Waals surface area contributed by atoms with E-state index in [-0.39, 0.29) is 11.7 Å². The maximum atomic E-state index is 11.9. The molecule has 1 aliphatic rings. The number of nitrogens with zero attached hydrogens (tertiary/aromatic N) is 4. The minimum absolute atomic E-state index is 0.114. The number of carbonyl (C=O) groups is 1. The lowest BCUT2D eigenvalue weighted by Crippen LogP contribution is -2.32. The average Bonchev–Trinajstić information content (AvgIpc) is 3.09. The molecule has 1 heterocycles. The molecule has 6 nitrogen and oxygen atoms in total. The van der Waals surface area contributed by atoms with Crippen LogP contribution in [0.3, 0.4) is 0 Å². The van der Waals surface area contributed by atoms with Crippen LogP contribution in [0.2, 0.25) is 0 Å². The van der Waals surface area contributed by atoms with Crippen LogP contribution in [-0.4, -0.2) is 35.4 Å². The van der Waals surface area contributed by atoms with E-state index in [1.54, 1.807) is 0 Å². The van der Waals surface area contributed by atoms with Gasteiger partial charge in [-0.3, -0.25) is 4.79 Å². The van der Waals surface area contributed by atoms with Gasteiger partial charge in [-0.2, -0.15) is 15.2 Å². The van der Waals surface area contributed by atoms with Gasteiger partial charge in [0.2, 0.25) is 0 Å². The van der Waals surface area contributed by atoms with Crippen LogP contribution in [0.15, 0.2) is 49.6 Å². The second kappa shape index (κ2) is 16.6. The van der Waals surface area contributed by atoms with Crippen molar-refractivity contribution in [3.05, 3.63) is 60.9 Å². The molecule has 0 bridgehead atoms. The molecule has 0 saturated carbocycles. The Morgan fingerprint density at radius 2 is 2.05 bits per heavy atom. The van der Waals surface area contributed by atoms with Crippen LogP contribution in [0, 0.1) is 23.2 Å². The molecule has 38 heavy (non-hydrogen) atoms. The third-order valence-electron chi connectivity index (χ3n) is 7.05. The zero-order chi connectivity index (χ0) is 27.9. The third kappa shape index (κ3) is 9.93. The molecule has 0 saturated heterocycles. The highest BCUT2D eigenvalue weighted by Crippen LogP contribution is 2.32. The van der Waals surface area contributed by atoms with Gasteiger partial charge in [0.25, 0.3) is 0 Å². The Labute approximate surface area is 230 Å². The predicted molar refractivity (Wildman–Crippen MR) is 156 cm³/mol. The zero-order valence-corrected chi connectivity index (χ0v) is 23.6. The lowest BCUT2D eigenvalue weighted by molar-refractivity contribution is -0.111. The second-order valence-corrected chi connectivity index (χ2v) is 10.6. The number of fused-ring (bicyclic) bond motifs is 1. The van der Waals surface area contributed by atoms with Gasteiger partial charge in [0.1, 0.15) is 5.82 Å². The first kappa shape index (κ1) is 31.0. The second-order valence-electron chi connectivity index (χ2n) is 10.6. The first-order chi connectivity index (χ1) is 18.3. The topological polar surface area (TPSA) is 79.1 Å². The number of carbonyl (C=O) groups excluding carboxylic acids is 1. The molecule has 2 atom stereocenters. The van der Waals surface area contributed by atoms with E-state index >= 15 is 0 Å². The standard InChI is InChI=1S/C32H46N4O2/c1-7-10-16-27(13-8-2)23-38-32-34-29-21-24(4)14-11-17-28(29)31(35-32)36(22-25(5)18-19-33)20-12-15-26(6)30(37)9-3/h8-9,25,27H,2-4,6-7,10-18,20-23H2,1,5H3/t25?,27-/m0/s1. The quantitative estimate of drug-likeness (QED) is 0.117. The fourth-order valence-electron chi connectivity index (χ4n) is 4.89. The summed E-state index contributed by atoms with van der Waals surface area (Å²) in [5.74, 6) is 1.32. The van der Waals surface area contributed by atoms with Crippen LogP contribution in [0.5, 0.6) is 6.01 Å². The van der Waals surface area contributed by atoms with Crippen molar-refractivity contribution in [2.75, 3.05) is 24.6 Å². The molecular formula is C32H46N4O2. The molecule has 0 spiro atoms. The molecule has 206 valence electrons. The van der Waals surface area contributed by atoms with E-state index in [1.807, 2.05) is 6.08 Å². The number of anilines is 1. The van der Waals surface area contributed by atoms with Gasteiger partial charge >= 0.3 is 6.01 Å². The number of nitriles is 1. The maximum Gasteiger partial charge on any atom is 0.318 e. The fourth-order valence-corrected chi connectivity index (χ4v) is 4.89. The van der Waals surface area contributed by atoms with Crippen molar-refractivity contribution in [1.82, 2.24) is 9.97 Å². The van der Waals surface area contributed by atoms with Gasteiger partial charge in [-0.15, -0.1) is 6.58 Å². The van der Waals surface area contributed by atoms with E-state index in [4.69, 9.17) is 14.7 Å². The Kier molecular flexibility index (Phi) is 13.6. The van der Waals surface area contributed by atoms with E-state index in [0.717, 1.165) is 74.9 Å². The SMILES string of the molecule is C=CC[C@@H](CCCC)COc1nc2c(c(N(CCCC(=C)C(=O)C=C)CC(C)CC#N)n1)CCCC(=C)C2. The molecular weight excluding hydrogens is 472 g/mol. The lowest BCUT2D eigenvalue weighted by Gasteiger charge is -2.29. The van der Waals surface area contributed by atoms with Crippen molar-refractivity contribution in [3.63, 3.8) is 0 Å². The highest BCUT2D eigenvalue weighted by atomic mass is 16.5. The molecule has 2 rings (SSSR count). The van der Waals surface area contributed by atoms with Crippen molar-refractivity contribution in [1.29, 1.82) is 5.26 Å². The largest absolute Gasteiger partial charge is 0.463 e. The zero-order valence-electron chi connectivity index (χ0n) is 23.6. The minimum Gasteiger partial charge on any atom is -0.463 e. The Hall–Kier alpha value is -3.20. The van der Waals surface area contributed by atoms with Crippen molar-refractivity contribution in [3.8, 4) is 12.1 Å². The molecule has 1 aromatic rings. The summed E-state index contributed by atoms with van der Waals surface area (Å²) < 4.78 is 6.24. The number of rotatable bonds is 18. The van der Waals surface area contributed by atoms with Crippen LogP contribution in [0.4, 0.5) is 5.82 Å². The van der Waals surface area contributed by atoms with Crippen LogP contribution in [-0.2, 0) is 17.6 Å². The average molecular weight is 519 g/mol. The van der Waals surface area contributed by atoms with Crippen molar-refractivity contribution < 1.29 is 9.53 Å². The van der Waals surface area contributed by atoms with Gasteiger partial charge in [0.15, 0.2) is 5.78 Å². The summed E-state index contributed by atoms with van der Waals surface area (Å²) in [5.41, 5.74) is 3.88. The van der Waals surface area contributed by atoms with Crippen molar-refractivity contribution in [2.24, 2.45) is 11.8 Å². The monoisotopic (exact) mass is 518 g/mol. The van der Waals surface area contributed by atoms with Crippen LogP contribution in [0.25, 0.3) is 0 Å². The molecule has 0 aromatic carbocycles. The maximum absolute atomic E-state index is 11.9. The van der Waals surface area contributed by atoms with Gasteiger partial charge in [-0.25, -0.2) is 0 Å². The van der Waals surface area contributed by atoms with Gasteiger partial charge in [-0.05, 0) is 68.4 Å². The van der Waals surface area contributed by atoms with Crippen molar-refractivity contribution >= 4 is 11.6 Å². The van der Waals surface area contributed by atoms with E-state index in [0.29, 0.717) is 50.0 Å². The van der Waals surface area contributed by atoms with Gasteiger partial charge in [0, 0.05) is 31.5 Å². The summed E-state index contributed by atoms with van der Waals surface area (Å²) in [6.45, 7) is 21.9. The number of allylic oxidation sites excluding steroid dienone is 4. The Balaban J connectivity index is 2.39. The third-order valence-corrected chi connectivity index (χ3v) is 7.05. The number of hydrogen-bond acceptors (Lipinski definition) is 6. The lowest BCUT2D eigenvalue weighted by atomic mass is 10.00. The highest BCUT2D eigenvalue weighted by molar-refractivity contribution is 6.02. The molecule has 0 radical (unpaired) electrons. The highest BCUT2D eigenvalue weighted by Gasteiger charge is 2.24. The summed E-state index contributed by atoms with van der Waals surface area (Å²) >= 11 is 0. The van der Waals surface area contributed by atoms with Crippen molar-refractivity contribution in [2.45, 2.75) is 84.5 Å². The minimum atomic E-state index is -0.114. The first-order valence-electron chi connectivity index (χ1n) is 14.1. The Morgan fingerprint density at radius 3 is 2.74 bits per heavy atom. The molecule has 1 aromatic heterocycles. The van der Waals surface area contributed by atoms with Gasteiger partial charge in [0.05, 0.1) is 18.4 Å².